The number of amides is 4. The van der Waals surface area contributed by atoms with Crippen molar-refractivity contribution < 1.29 is 23.2 Å². The number of imide groups is 1. The van der Waals surface area contributed by atoms with Gasteiger partial charge in [0, 0.05) is 82.3 Å². The van der Waals surface area contributed by atoms with Crippen LogP contribution in [0.25, 0.3) is 16.9 Å². The lowest BCUT2D eigenvalue weighted by atomic mass is 9.69. The molecule has 14 nitrogen and oxygen atoms in total. The zero-order valence-corrected chi connectivity index (χ0v) is 33.8. The zero-order chi connectivity index (χ0) is 41.3. The fraction of sp³-hybridized carbons (Fsp3) is 0.395. The molecule has 1 spiro atoms. The molecule has 60 heavy (non-hydrogen) atoms. The molecule has 5 aliphatic rings. The van der Waals surface area contributed by atoms with Crippen molar-refractivity contribution in [3.63, 3.8) is 0 Å². The van der Waals surface area contributed by atoms with E-state index in [1.807, 2.05) is 37.5 Å². The maximum absolute atomic E-state index is 15.9. The van der Waals surface area contributed by atoms with Gasteiger partial charge < -0.3 is 15.5 Å². The third-order valence-corrected chi connectivity index (χ3v) is 12.9. The summed E-state index contributed by atoms with van der Waals surface area (Å²) in [4.78, 5) is 53.9. The van der Waals surface area contributed by atoms with E-state index in [9.17, 15) is 14.4 Å². The molecule has 0 unspecified atom stereocenters. The van der Waals surface area contributed by atoms with Gasteiger partial charge in [0.25, 0.3) is 11.8 Å². The van der Waals surface area contributed by atoms with E-state index < -0.39 is 17.4 Å². The molecule has 0 radical (unpaired) electrons. The average molecular weight is 836 g/mol. The first-order valence-electron chi connectivity index (χ1n) is 20.4. The topological polar surface area (TPSA) is 143 Å². The van der Waals surface area contributed by atoms with Crippen molar-refractivity contribution >= 4 is 58.0 Å². The van der Waals surface area contributed by atoms with E-state index in [0.29, 0.717) is 73.6 Å². The van der Waals surface area contributed by atoms with Crippen LogP contribution in [0.3, 0.4) is 0 Å². The Kier molecular flexibility index (Phi) is 9.48. The van der Waals surface area contributed by atoms with Gasteiger partial charge in [0.05, 0.1) is 40.2 Å². The highest BCUT2D eigenvalue weighted by atomic mass is 35.5. The fourth-order valence-electron chi connectivity index (χ4n) is 9.21. The Labute approximate surface area is 349 Å². The van der Waals surface area contributed by atoms with E-state index in [1.54, 1.807) is 33.8 Å². The number of aromatic nitrogens is 4. The number of alkyl halides is 2. The van der Waals surface area contributed by atoms with Crippen LogP contribution in [0.4, 0.5) is 36.5 Å². The number of carbonyl (C=O) groups excluding carboxylic acids is 3. The number of halogens is 3. The number of carbonyl (C=O) groups is 3. The zero-order valence-electron chi connectivity index (χ0n) is 33.1. The molecule has 3 aromatic heterocycles. The van der Waals surface area contributed by atoms with Gasteiger partial charge in [0.15, 0.2) is 17.2 Å². The highest BCUT2D eigenvalue weighted by Crippen LogP contribution is 2.51. The number of nitrogens with one attached hydrogen (secondary N) is 3. The third kappa shape index (κ3) is 6.89. The number of anilines is 4. The molecule has 0 bridgehead atoms. The van der Waals surface area contributed by atoms with Gasteiger partial charge in [-0.1, -0.05) is 35.9 Å². The SMILES string of the molecule is CNc1cc(N2CCc3c(-c4ccc(CN5CC6(CCN(Cc7ccc(Cl)c(N8CCC(=O)NC8=O)c7)CC6(F)F)C5)cn4)cccc32)nn2c(C(=O)NC3CC3)cnc12. The Morgan fingerprint density at radius 2 is 1.70 bits per heavy atom. The average Bonchev–Trinajstić information content (AvgIpc) is 3.75. The summed E-state index contributed by atoms with van der Waals surface area (Å²) < 4.78 is 33.5. The number of urea groups is 1. The minimum Gasteiger partial charge on any atom is -0.385 e. The van der Waals surface area contributed by atoms with Gasteiger partial charge in [-0.2, -0.15) is 0 Å². The molecular weight excluding hydrogens is 792 g/mol. The maximum Gasteiger partial charge on any atom is 0.328 e. The highest BCUT2D eigenvalue weighted by Gasteiger charge is 2.62. The lowest BCUT2D eigenvalue weighted by Crippen LogP contribution is -2.69. The number of pyridine rings is 1. The second kappa shape index (κ2) is 14.8. The minimum absolute atomic E-state index is 0.162. The molecule has 17 heteroatoms. The number of piperidine rings is 1. The first-order valence-corrected chi connectivity index (χ1v) is 20.8. The Bertz CT molecular complexity index is 2540. The molecule has 1 saturated carbocycles. The summed E-state index contributed by atoms with van der Waals surface area (Å²) >= 11 is 6.41. The summed E-state index contributed by atoms with van der Waals surface area (Å²) in [6, 6.07) is 17.1. The van der Waals surface area contributed by atoms with Gasteiger partial charge in [-0.25, -0.2) is 23.1 Å². The number of rotatable bonds is 10. The van der Waals surface area contributed by atoms with Crippen molar-refractivity contribution in [3.8, 4) is 11.3 Å². The summed E-state index contributed by atoms with van der Waals surface area (Å²) in [7, 11) is 1.83. The molecule has 2 aromatic carbocycles. The van der Waals surface area contributed by atoms with E-state index in [0.717, 1.165) is 58.6 Å². The molecule has 5 aromatic rings. The van der Waals surface area contributed by atoms with Crippen molar-refractivity contribution in [2.45, 2.75) is 57.2 Å². The number of benzene rings is 2. The predicted octanol–water partition coefficient (Wildman–Crippen LogP) is 5.86. The molecule has 1 aliphatic carbocycles. The van der Waals surface area contributed by atoms with Crippen LogP contribution in [0.1, 0.15) is 52.9 Å². The summed E-state index contributed by atoms with van der Waals surface area (Å²) in [5, 5.41) is 13.8. The van der Waals surface area contributed by atoms with Gasteiger partial charge in [-0.05, 0) is 73.2 Å². The first-order chi connectivity index (χ1) is 29.0. The molecule has 7 heterocycles. The number of fused-ring (bicyclic) bond motifs is 2. The minimum atomic E-state index is -2.88. The van der Waals surface area contributed by atoms with Crippen LogP contribution in [0.2, 0.25) is 5.02 Å². The van der Waals surface area contributed by atoms with E-state index >= 15 is 8.78 Å². The van der Waals surface area contributed by atoms with Gasteiger partial charge in [0.1, 0.15) is 0 Å². The van der Waals surface area contributed by atoms with Crippen LogP contribution in [0.15, 0.2) is 67.0 Å². The van der Waals surface area contributed by atoms with E-state index in [4.69, 9.17) is 21.7 Å². The van der Waals surface area contributed by atoms with Gasteiger partial charge in [0.2, 0.25) is 5.91 Å². The van der Waals surface area contributed by atoms with E-state index in [2.05, 4.69) is 42.9 Å². The lowest BCUT2D eigenvalue weighted by Gasteiger charge is -2.57. The van der Waals surface area contributed by atoms with Crippen molar-refractivity contribution in [1.82, 2.24) is 40.0 Å². The van der Waals surface area contributed by atoms with Crippen LogP contribution in [0.5, 0.6) is 0 Å². The molecule has 3 N–H and O–H groups in total. The second-order valence-electron chi connectivity index (χ2n) is 16.7. The van der Waals surface area contributed by atoms with Crippen LogP contribution in [0, 0.1) is 5.41 Å². The van der Waals surface area contributed by atoms with Crippen molar-refractivity contribution in [1.29, 1.82) is 0 Å². The van der Waals surface area contributed by atoms with Gasteiger partial charge >= 0.3 is 6.03 Å². The van der Waals surface area contributed by atoms with Gasteiger partial charge in [-0.15, -0.1) is 5.10 Å². The Morgan fingerprint density at radius 1 is 0.900 bits per heavy atom. The number of nitrogens with zero attached hydrogens (tertiary/aromatic N) is 8. The largest absolute Gasteiger partial charge is 0.385 e. The van der Waals surface area contributed by atoms with Crippen LogP contribution in [-0.4, -0.2) is 106 Å². The molecule has 0 atom stereocenters. The molecule has 310 valence electrons. The molecule has 10 rings (SSSR count). The third-order valence-electron chi connectivity index (χ3n) is 12.6. The van der Waals surface area contributed by atoms with Crippen LogP contribution in [-0.2, 0) is 24.3 Å². The standard InChI is InChI=1S/C43H44ClF2N11O3/c1-47-33-18-37(52-57-36(20-49-39(33)57)40(59)50-28-7-8-28)55-14-11-30-29(3-2-4-34(30)55)32-10-6-27(19-48-32)22-54-23-42(24-54)13-16-53(25-43(42,45)46)21-26-5-9-31(44)35(17-26)56-15-12-38(58)51-41(56)60/h2-6,9-10,17-20,28,47H,7-8,11-16,21-25H2,1H3,(H,50,59)(H,51,58,60). The smallest absolute Gasteiger partial charge is 0.328 e. The molecule has 3 saturated heterocycles. The van der Waals surface area contributed by atoms with Crippen LogP contribution < -0.4 is 25.8 Å². The summed E-state index contributed by atoms with van der Waals surface area (Å²) in [6.45, 7) is 2.54. The molecule has 4 aliphatic heterocycles. The number of likely N-dealkylation sites (tertiary alicyclic amines) is 2. The Balaban J connectivity index is 0.782. The van der Waals surface area contributed by atoms with Gasteiger partial charge in [-0.3, -0.25) is 34.6 Å². The number of hydrogen-bond acceptors (Lipinski definition) is 10. The maximum atomic E-state index is 15.9. The van der Waals surface area contributed by atoms with Crippen LogP contribution >= 0.6 is 11.6 Å². The van der Waals surface area contributed by atoms with E-state index in [1.165, 1.54) is 4.90 Å². The second-order valence-corrected chi connectivity index (χ2v) is 17.1. The summed E-state index contributed by atoms with van der Waals surface area (Å²) in [5.74, 6) is -2.70. The van der Waals surface area contributed by atoms with E-state index in [-0.39, 0.29) is 37.4 Å². The number of hydrogen-bond donors (Lipinski definition) is 3. The number of imidazole rings is 1. The van der Waals surface area contributed by atoms with Crippen molar-refractivity contribution in [2.75, 3.05) is 61.4 Å². The highest BCUT2D eigenvalue weighted by molar-refractivity contribution is 6.34. The normalized spacial score (nSPS) is 20.0. The molecule has 4 fully saturated rings. The molecular formula is C43H44ClF2N11O3. The first kappa shape index (κ1) is 38.5. The van der Waals surface area contributed by atoms with Crippen molar-refractivity contribution in [3.05, 3.63) is 94.4 Å². The Hall–Kier alpha value is -5.71. The quantitative estimate of drug-likeness (QED) is 0.157. The summed E-state index contributed by atoms with van der Waals surface area (Å²) in [5.41, 5.74) is 6.92. The fourth-order valence-corrected chi connectivity index (χ4v) is 9.42. The van der Waals surface area contributed by atoms with Crippen molar-refractivity contribution in [2.24, 2.45) is 5.41 Å². The summed E-state index contributed by atoms with van der Waals surface area (Å²) in [6.07, 6.45) is 6.71. The Morgan fingerprint density at radius 3 is 2.45 bits per heavy atom. The monoisotopic (exact) mass is 835 g/mol. The molecule has 4 amide bonds. The lowest BCUT2D eigenvalue weighted by molar-refractivity contribution is -0.227. The predicted molar refractivity (Wildman–Crippen MR) is 223 cm³/mol.